The van der Waals surface area contributed by atoms with Crippen molar-refractivity contribution < 1.29 is 9.53 Å². The standard InChI is InChI=1S/C14H16N4O2/c1-2-20-11-5-3-4-10(8-11)9-16-13-7-6-12(14(15)19)17-18-13/h3-8H,2,9H2,1H3,(H2,15,19)(H,16,18). The highest BCUT2D eigenvalue weighted by Gasteiger charge is 2.03. The van der Waals surface area contributed by atoms with Crippen LogP contribution in [0.4, 0.5) is 5.82 Å². The second-order valence-corrected chi connectivity index (χ2v) is 4.10. The minimum atomic E-state index is -0.589. The fourth-order valence-corrected chi connectivity index (χ4v) is 1.66. The zero-order valence-corrected chi connectivity index (χ0v) is 11.2. The maximum atomic E-state index is 10.9. The average Bonchev–Trinajstić information content (AvgIpc) is 2.46. The van der Waals surface area contributed by atoms with Gasteiger partial charge in [0, 0.05) is 6.54 Å². The molecule has 0 radical (unpaired) electrons. The van der Waals surface area contributed by atoms with Crippen molar-refractivity contribution in [1.82, 2.24) is 10.2 Å². The van der Waals surface area contributed by atoms with Gasteiger partial charge in [-0.05, 0) is 36.8 Å². The Morgan fingerprint density at radius 1 is 1.30 bits per heavy atom. The summed E-state index contributed by atoms with van der Waals surface area (Å²) in [6, 6.07) is 11.0. The Morgan fingerprint density at radius 3 is 2.80 bits per heavy atom. The van der Waals surface area contributed by atoms with Gasteiger partial charge in [-0.3, -0.25) is 4.79 Å². The van der Waals surface area contributed by atoms with Gasteiger partial charge in [0.2, 0.25) is 0 Å². The maximum Gasteiger partial charge on any atom is 0.269 e. The summed E-state index contributed by atoms with van der Waals surface area (Å²) >= 11 is 0. The van der Waals surface area contributed by atoms with Gasteiger partial charge in [-0.15, -0.1) is 10.2 Å². The number of hydrogen-bond donors (Lipinski definition) is 2. The van der Waals surface area contributed by atoms with Crippen LogP contribution in [0.15, 0.2) is 36.4 Å². The Morgan fingerprint density at radius 2 is 2.15 bits per heavy atom. The third-order valence-corrected chi connectivity index (χ3v) is 2.60. The van der Waals surface area contributed by atoms with Gasteiger partial charge in [-0.1, -0.05) is 12.1 Å². The number of amides is 1. The van der Waals surface area contributed by atoms with E-state index in [0.717, 1.165) is 11.3 Å². The summed E-state index contributed by atoms with van der Waals surface area (Å²) < 4.78 is 5.43. The molecule has 0 bridgehead atoms. The fraction of sp³-hybridized carbons (Fsp3) is 0.214. The molecule has 0 unspecified atom stereocenters. The van der Waals surface area contributed by atoms with Crippen LogP contribution in [0.1, 0.15) is 23.0 Å². The predicted octanol–water partition coefficient (Wildman–Crippen LogP) is 1.59. The van der Waals surface area contributed by atoms with Crippen molar-refractivity contribution in [3.63, 3.8) is 0 Å². The van der Waals surface area contributed by atoms with Crippen LogP contribution in [0.3, 0.4) is 0 Å². The van der Waals surface area contributed by atoms with E-state index in [2.05, 4.69) is 15.5 Å². The van der Waals surface area contributed by atoms with Gasteiger partial charge in [0.05, 0.1) is 6.61 Å². The summed E-state index contributed by atoms with van der Waals surface area (Å²) in [4.78, 5) is 10.9. The highest BCUT2D eigenvalue weighted by molar-refractivity contribution is 5.90. The highest BCUT2D eigenvalue weighted by atomic mass is 16.5. The van der Waals surface area contributed by atoms with E-state index in [1.54, 1.807) is 6.07 Å². The molecule has 104 valence electrons. The summed E-state index contributed by atoms with van der Waals surface area (Å²) in [6.45, 7) is 3.17. The lowest BCUT2D eigenvalue weighted by atomic mass is 10.2. The molecule has 1 heterocycles. The fourth-order valence-electron chi connectivity index (χ4n) is 1.66. The molecule has 2 aromatic rings. The van der Waals surface area contributed by atoms with Gasteiger partial charge < -0.3 is 15.8 Å². The molecule has 6 nitrogen and oxygen atoms in total. The molecule has 0 aliphatic heterocycles. The van der Waals surface area contributed by atoms with Crippen molar-refractivity contribution in [2.45, 2.75) is 13.5 Å². The molecule has 1 amide bonds. The quantitative estimate of drug-likeness (QED) is 0.833. The molecular formula is C14H16N4O2. The largest absolute Gasteiger partial charge is 0.494 e. The van der Waals surface area contributed by atoms with Gasteiger partial charge >= 0.3 is 0 Å². The van der Waals surface area contributed by atoms with Crippen LogP contribution < -0.4 is 15.8 Å². The van der Waals surface area contributed by atoms with Crippen molar-refractivity contribution in [3.8, 4) is 5.75 Å². The Bertz CT molecular complexity index is 584. The minimum absolute atomic E-state index is 0.147. The number of anilines is 1. The van der Waals surface area contributed by atoms with Gasteiger partial charge in [0.1, 0.15) is 11.6 Å². The molecule has 20 heavy (non-hydrogen) atoms. The number of ether oxygens (including phenoxy) is 1. The zero-order valence-electron chi connectivity index (χ0n) is 11.2. The van der Waals surface area contributed by atoms with E-state index < -0.39 is 5.91 Å². The van der Waals surface area contributed by atoms with Crippen LogP contribution in [0.5, 0.6) is 5.75 Å². The molecule has 1 aromatic heterocycles. The molecule has 0 fully saturated rings. The van der Waals surface area contributed by atoms with E-state index in [4.69, 9.17) is 10.5 Å². The lowest BCUT2D eigenvalue weighted by molar-refractivity contribution is 0.0994. The normalized spacial score (nSPS) is 10.1. The van der Waals surface area contributed by atoms with Crippen molar-refractivity contribution in [1.29, 1.82) is 0 Å². The summed E-state index contributed by atoms with van der Waals surface area (Å²) in [5, 5.41) is 10.7. The lowest BCUT2D eigenvalue weighted by Crippen LogP contribution is -2.14. The van der Waals surface area contributed by atoms with Crippen LogP contribution in [0, 0.1) is 0 Å². The van der Waals surface area contributed by atoms with Crippen LogP contribution in [0.25, 0.3) is 0 Å². The molecule has 3 N–H and O–H groups in total. The van der Waals surface area contributed by atoms with Crippen molar-refractivity contribution in [2.75, 3.05) is 11.9 Å². The Labute approximate surface area is 117 Å². The van der Waals surface area contributed by atoms with Gasteiger partial charge in [-0.25, -0.2) is 0 Å². The number of nitrogens with zero attached hydrogens (tertiary/aromatic N) is 2. The van der Waals surface area contributed by atoms with Crippen molar-refractivity contribution in [2.24, 2.45) is 5.73 Å². The molecule has 6 heteroatoms. The second-order valence-electron chi connectivity index (χ2n) is 4.10. The first-order valence-corrected chi connectivity index (χ1v) is 6.28. The number of nitrogens with two attached hydrogens (primary N) is 1. The van der Waals surface area contributed by atoms with E-state index in [9.17, 15) is 4.79 Å². The topological polar surface area (TPSA) is 90.1 Å². The second kappa shape index (κ2) is 6.51. The van der Waals surface area contributed by atoms with Crippen LogP contribution in [-0.2, 0) is 6.54 Å². The highest BCUT2D eigenvalue weighted by Crippen LogP contribution is 2.14. The monoisotopic (exact) mass is 272 g/mol. The predicted molar refractivity (Wildman–Crippen MR) is 75.5 cm³/mol. The smallest absolute Gasteiger partial charge is 0.269 e. The molecule has 0 atom stereocenters. The molecule has 2 rings (SSSR count). The van der Waals surface area contributed by atoms with Crippen LogP contribution in [0.2, 0.25) is 0 Å². The summed E-state index contributed by atoms with van der Waals surface area (Å²) in [5.41, 5.74) is 6.31. The van der Waals surface area contributed by atoms with E-state index >= 15 is 0 Å². The Balaban J connectivity index is 1.97. The number of carbonyl (C=O) groups is 1. The van der Waals surface area contributed by atoms with Crippen molar-refractivity contribution in [3.05, 3.63) is 47.7 Å². The van der Waals surface area contributed by atoms with E-state index in [1.165, 1.54) is 6.07 Å². The zero-order chi connectivity index (χ0) is 14.4. The molecular weight excluding hydrogens is 256 g/mol. The summed E-state index contributed by atoms with van der Waals surface area (Å²) in [6.07, 6.45) is 0. The van der Waals surface area contributed by atoms with Crippen LogP contribution in [-0.4, -0.2) is 22.7 Å². The number of nitrogens with one attached hydrogen (secondary N) is 1. The number of hydrogen-bond acceptors (Lipinski definition) is 5. The number of carbonyl (C=O) groups excluding carboxylic acids is 1. The lowest BCUT2D eigenvalue weighted by Gasteiger charge is -2.07. The summed E-state index contributed by atoms with van der Waals surface area (Å²) in [7, 11) is 0. The molecule has 0 aliphatic rings. The summed E-state index contributed by atoms with van der Waals surface area (Å²) in [5.74, 6) is 0.826. The maximum absolute atomic E-state index is 10.9. The molecule has 1 aromatic carbocycles. The minimum Gasteiger partial charge on any atom is -0.494 e. The van der Waals surface area contributed by atoms with E-state index in [-0.39, 0.29) is 5.69 Å². The Hall–Kier alpha value is -2.63. The van der Waals surface area contributed by atoms with E-state index in [1.807, 2.05) is 31.2 Å². The van der Waals surface area contributed by atoms with Gasteiger partial charge in [-0.2, -0.15) is 0 Å². The SMILES string of the molecule is CCOc1cccc(CNc2ccc(C(N)=O)nn2)c1. The first-order valence-electron chi connectivity index (χ1n) is 6.28. The molecule has 0 aliphatic carbocycles. The van der Waals surface area contributed by atoms with Crippen molar-refractivity contribution >= 4 is 11.7 Å². The molecule has 0 saturated carbocycles. The average molecular weight is 272 g/mol. The molecule has 0 saturated heterocycles. The number of benzene rings is 1. The third kappa shape index (κ3) is 3.68. The number of primary amides is 1. The van der Waals surface area contributed by atoms with Gasteiger partial charge in [0.25, 0.3) is 5.91 Å². The molecule has 0 spiro atoms. The van der Waals surface area contributed by atoms with E-state index in [0.29, 0.717) is 19.0 Å². The number of rotatable bonds is 6. The van der Waals surface area contributed by atoms with Gasteiger partial charge in [0.15, 0.2) is 5.69 Å². The first-order chi connectivity index (χ1) is 9.69. The number of aromatic nitrogens is 2. The third-order valence-electron chi connectivity index (χ3n) is 2.60. The van der Waals surface area contributed by atoms with Crippen LogP contribution >= 0.6 is 0 Å². The first kappa shape index (κ1) is 13.8. The Kier molecular flexibility index (Phi) is 4.49.